The fourth-order valence-electron chi connectivity index (χ4n) is 3.07. The van der Waals surface area contributed by atoms with Gasteiger partial charge in [0, 0.05) is 16.3 Å². The zero-order chi connectivity index (χ0) is 21.1. The van der Waals surface area contributed by atoms with Gasteiger partial charge in [-0.3, -0.25) is 14.6 Å². The van der Waals surface area contributed by atoms with Crippen molar-refractivity contribution in [1.29, 1.82) is 0 Å². The SMILES string of the molecule is O=C(Nc1ccc(C2(C(=O)Nc3ccc(F)cc3)COC2)nc1)c1cccc(Cl)c1. The molecular weight excluding hydrogens is 409 g/mol. The molecule has 1 aliphatic rings. The molecule has 2 heterocycles. The van der Waals surface area contributed by atoms with Crippen LogP contribution in [-0.4, -0.2) is 30.0 Å². The number of carbonyl (C=O) groups is 2. The Kier molecular flexibility index (Phi) is 5.48. The van der Waals surface area contributed by atoms with Crippen LogP contribution in [0.15, 0.2) is 66.9 Å². The van der Waals surface area contributed by atoms with E-state index in [0.717, 1.165) is 0 Å². The quantitative estimate of drug-likeness (QED) is 0.646. The molecule has 0 bridgehead atoms. The van der Waals surface area contributed by atoms with E-state index in [4.69, 9.17) is 16.3 Å². The molecule has 1 aromatic heterocycles. The monoisotopic (exact) mass is 425 g/mol. The average molecular weight is 426 g/mol. The molecule has 2 aromatic carbocycles. The molecule has 1 aliphatic heterocycles. The van der Waals surface area contributed by atoms with Crippen LogP contribution in [-0.2, 0) is 14.9 Å². The lowest BCUT2D eigenvalue weighted by Crippen LogP contribution is -2.56. The van der Waals surface area contributed by atoms with Gasteiger partial charge in [-0.2, -0.15) is 0 Å². The molecule has 3 aromatic rings. The number of amides is 2. The molecule has 2 amide bonds. The van der Waals surface area contributed by atoms with Gasteiger partial charge in [-0.1, -0.05) is 17.7 Å². The van der Waals surface area contributed by atoms with Crippen LogP contribution in [0.3, 0.4) is 0 Å². The molecule has 6 nitrogen and oxygen atoms in total. The smallest absolute Gasteiger partial charge is 0.255 e. The number of nitrogens with one attached hydrogen (secondary N) is 2. The van der Waals surface area contributed by atoms with Gasteiger partial charge in [0.15, 0.2) is 0 Å². The molecule has 0 saturated carbocycles. The molecule has 30 heavy (non-hydrogen) atoms. The maximum absolute atomic E-state index is 13.1. The van der Waals surface area contributed by atoms with Gasteiger partial charge >= 0.3 is 0 Å². The lowest BCUT2D eigenvalue weighted by Gasteiger charge is -2.39. The number of hydrogen-bond donors (Lipinski definition) is 2. The summed E-state index contributed by atoms with van der Waals surface area (Å²) in [5.74, 6) is -0.988. The number of halogens is 2. The molecule has 0 atom stereocenters. The van der Waals surface area contributed by atoms with Gasteiger partial charge in [-0.05, 0) is 54.6 Å². The second-order valence-corrected chi connectivity index (χ2v) is 7.37. The standard InChI is InChI=1S/C22H17ClFN3O3/c23-15-3-1-2-14(10-15)20(28)26-18-8-9-19(25-11-18)22(12-30-13-22)21(29)27-17-6-4-16(24)5-7-17/h1-11H,12-13H2,(H,26,28)(H,27,29). The van der Waals surface area contributed by atoms with Crippen molar-refractivity contribution in [1.82, 2.24) is 4.98 Å². The Morgan fingerprint density at radius 1 is 1.00 bits per heavy atom. The Labute approximate surface area is 177 Å². The summed E-state index contributed by atoms with van der Waals surface area (Å²) in [4.78, 5) is 29.6. The van der Waals surface area contributed by atoms with Crippen molar-refractivity contribution in [2.24, 2.45) is 0 Å². The lowest BCUT2D eigenvalue weighted by atomic mass is 9.81. The Hall–Kier alpha value is -3.29. The van der Waals surface area contributed by atoms with Crippen LogP contribution in [0, 0.1) is 5.82 Å². The minimum Gasteiger partial charge on any atom is -0.378 e. The fourth-order valence-corrected chi connectivity index (χ4v) is 3.26. The van der Waals surface area contributed by atoms with E-state index in [1.165, 1.54) is 30.5 Å². The van der Waals surface area contributed by atoms with Gasteiger partial charge in [0.05, 0.1) is 30.8 Å². The number of nitrogens with zero attached hydrogens (tertiary/aromatic N) is 1. The van der Waals surface area contributed by atoms with E-state index in [0.29, 0.717) is 27.7 Å². The van der Waals surface area contributed by atoms with Crippen LogP contribution in [0.1, 0.15) is 16.1 Å². The van der Waals surface area contributed by atoms with Crippen molar-refractivity contribution >= 4 is 34.8 Å². The summed E-state index contributed by atoms with van der Waals surface area (Å²) in [6, 6.07) is 15.5. The van der Waals surface area contributed by atoms with E-state index in [9.17, 15) is 14.0 Å². The number of anilines is 2. The van der Waals surface area contributed by atoms with Crippen LogP contribution < -0.4 is 10.6 Å². The first kappa shape index (κ1) is 20.0. The Bertz CT molecular complexity index is 1080. The first-order chi connectivity index (χ1) is 14.5. The number of hydrogen-bond acceptors (Lipinski definition) is 4. The predicted molar refractivity (Wildman–Crippen MR) is 111 cm³/mol. The van der Waals surface area contributed by atoms with E-state index in [2.05, 4.69) is 15.6 Å². The second kappa shape index (κ2) is 8.22. The van der Waals surface area contributed by atoms with Gasteiger partial charge in [0.25, 0.3) is 5.91 Å². The maximum Gasteiger partial charge on any atom is 0.255 e. The molecule has 2 N–H and O–H groups in total. The molecule has 152 valence electrons. The normalized spacial score (nSPS) is 14.5. The summed E-state index contributed by atoms with van der Waals surface area (Å²) in [6.07, 6.45) is 1.49. The third-order valence-corrected chi connectivity index (χ3v) is 5.07. The molecule has 0 spiro atoms. The van der Waals surface area contributed by atoms with Crippen molar-refractivity contribution in [2.75, 3.05) is 23.8 Å². The highest BCUT2D eigenvalue weighted by Crippen LogP contribution is 2.33. The lowest BCUT2D eigenvalue weighted by molar-refractivity contribution is -0.140. The number of rotatable bonds is 5. The first-order valence-corrected chi connectivity index (χ1v) is 9.52. The fraction of sp³-hybridized carbons (Fsp3) is 0.136. The Morgan fingerprint density at radius 2 is 1.73 bits per heavy atom. The second-order valence-electron chi connectivity index (χ2n) is 6.93. The molecule has 0 unspecified atom stereocenters. The van der Waals surface area contributed by atoms with Crippen LogP contribution >= 0.6 is 11.6 Å². The summed E-state index contributed by atoms with van der Waals surface area (Å²) >= 11 is 5.92. The summed E-state index contributed by atoms with van der Waals surface area (Å²) < 4.78 is 18.4. The molecule has 8 heteroatoms. The summed E-state index contributed by atoms with van der Waals surface area (Å²) in [5, 5.41) is 5.99. The molecular formula is C22H17ClFN3O3. The van der Waals surface area contributed by atoms with Crippen LogP contribution in [0.5, 0.6) is 0 Å². The minimum atomic E-state index is -0.941. The van der Waals surface area contributed by atoms with Gasteiger partial charge < -0.3 is 15.4 Å². The van der Waals surface area contributed by atoms with Crippen molar-refractivity contribution < 1.29 is 18.7 Å². The van der Waals surface area contributed by atoms with Crippen LogP contribution in [0.25, 0.3) is 0 Å². The van der Waals surface area contributed by atoms with Gasteiger partial charge in [0.1, 0.15) is 11.2 Å². The van der Waals surface area contributed by atoms with E-state index in [1.54, 1.807) is 36.4 Å². The zero-order valence-electron chi connectivity index (χ0n) is 15.7. The van der Waals surface area contributed by atoms with E-state index >= 15 is 0 Å². The summed E-state index contributed by atoms with van der Waals surface area (Å²) in [6.45, 7) is 0.364. The van der Waals surface area contributed by atoms with E-state index in [1.807, 2.05) is 0 Å². The average Bonchev–Trinajstić information content (AvgIpc) is 2.70. The number of ether oxygens (including phenoxy) is 1. The highest BCUT2D eigenvalue weighted by atomic mass is 35.5. The van der Waals surface area contributed by atoms with Crippen LogP contribution in [0.4, 0.5) is 15.8 Å². The van der Waals surface area contributed by atoms with E-state index in [-0.39, 0.29) is 30.8 Å². The first-order valence-electron chi connectivity index (χ1n) is 9.14. The molecule has 0 radical (unpaired) electrons. The van der Waals surface area contributed by atoms with Crippen molar-refractivity contribution in [2.45, 2.75) is 5.41 Å². The largest absolute Gasteiger partial charge is 0.378 e. The highest BCUT2D eigenvalue weighted by molar-refractivity contribution is 6.31. The summed E-state index contributed by atoms with van der Waals surface area (Å²) in [5.41, 5.74) is 0.975. The number of carbonyl (C=O) groups excluding carboxylic acids is 2. The van der Waals surface area contributed by atoms with Gasteiger partial charge in [-0.25, -0.2) is 4.39 Å². The maximum atomic E-state index is 13.1. The third kappa shape index (κ3) is 4.03. The zero-order valence-corrected chi connectivity index (χ0v) is 16.4. The minimum absolute atomic E-state index is 0.182. The van der Waals surface area contributed by atoms with Gasteiger partial charge in [0.2, 0.25) is 5.91 Å². The van der Waals surface area contributed by atoms with Crippen molar-refractivity contribution in [3.8, 4) is 0 Å². The topological polar surface area (TPSA) is 80.3 Å². The van der Waals surface area contributed by atoms with Crippen molar-refractivity contribution in [3.05, 3.63) is 89.0 Å². The molecule has 1 fully saturated rings. The molecule has 1 saturated heterocycles. The number of aromatic nitrogens is 1. The number of benzene rings is 2. The summed E-state index contributed by atoms with van der Waals surface area (Å²) in [7, 11) is 0. The molecule has 0 aliphatic carbocycles. The highest BCUT2D eigenvalue weighted by Gasteiger charge is 2.48. The van der Waals surface area contributed by atoms with Crippen molar-refractivity contribution in [3.63, 3.8) is 0 Å². The molecule has 4 rings (SSSR count). The van der Waals surface area contributed by atoms with Crippen LogP contribution in [0.2, 0.25) is 5.02 Å². The predicted octanol–water partition coefficient (Wildman–Crippen LogP) is 4.03. The Balaban J connectivity index is 1.48. The number of pyridine rings is 1. The van der Waals surface area contributed by atoms with Gasteiger partial charge in [-0.15, -0.1) is 0 Å². The third-order valence-electron chi connectivity index (χ3n) is 4.83. The van der Waals surface area contributed by atoms with E-state index < -0.39 is 5.41 Å². The Morgan fingerprint density at radius 3 is 2.33 bits per heavy atom.